The normalized spacial score (nSPS) is 12.1. The van der Waals surface area contributed by atoms with Crippen molar-refractivity contribution >= 4 is 27.5 Å². The summed E-state index contributed by atoms with van der Waals surface area (Å²) in [6.07, 6.45) is 1.56. The maximum atomic E-state index is 13.3. The topological polar surface area (TPSA) is 92.4 Å². The van der Waals surface area contributed by atoms with Crippen molar-refractivity contribution in [1.82, 2.24) is 18.9 Å². The lowest BCUT2D eigenvalue weighted by atomic mass is 9.98. The van der Waals surface area contributed by atoms with Gasteiger partial charge in [0.25, 0.3) is 11.1 Å². The molecule has 7 nitrogen and oxygen atoms in total. The first kappa shape index (κ1) is 22.0. The molecule has 0 aliphatic rings. The van der Waals surface area contributed by atoms with Crippen molar-refractivity contribution in [3.63, 3.8) is 0 Å². The largest absolute Gasteiger partial charge is 0.386 e. The Hall–Kier alpha value is -4.49. The predicted molar refractivity (Wildman–Crippen MR) is 142 cm³/mol. The van der Waals surface area contributed by atoms with Gasteiger partial charge in [-0.15, -0.1) is 0 Å². The van der Waals surface area contributed by atoms with Gasteiger partial charge in [0, 0.05) is 5.56 Å². The van der Waals surface area contributed by atoms with Crippen molar-refractivity contribution in [2.24, 2.45) is 0 Å². The molecule has 178 valence electrons. The zero-order chi connectivity index (χ0) is 25.2. The van der Waals surface area contributed by atoms with Crippen LogP contribution in [-0.2, 0) is 5.60 Å². The van der Waals surface area contributed by atoms with Gasteiger partial charge in [-0.05, 0) is 74.4 Å². The highest BCUT2D eigenvalue weighted by Crippen LogP contribution is 2.31. The molecule has 0 saturated carbocycles. The summed E-state index contributed by atoms with van der Waals surface area (Å²) in [5, 5.41) is 11.0. The minimum atomic E-state index is -1.04. The Balaban J connectivity index is 1.61. The first-order chi connectivity index (χ1) is 17.2. The summed E-state index contributed by atoms with van der Waals surface area (Å²) in [5.41, 5.74) is 5.27. The van der Waals surface area contributed by atoms with Crippen LogP contribution in [0.5, 0.6) is 0 Å². The molecule has 0 bridgehead atoms. The average molecular weight is 477 g/mol. The molecule has 0 amide bonds. The number of para-hydroxylation sites is 1. The SMILES string of the molecule is Cc1c(-c2ccc3c(=O)[nH]c4cc(C(C)(C)O)ccc4n23)cccc1-n1cnc2ccccc2c1=O. The Morgan fingerprint density at radius 1 is 0.917 bits per heavy atom. The number of rotatable bonds is 3. The summed E-state index contributed by atoms with van der Waals surface area (Å²) < 4.78 is 3.49. The molecular weight excluding hydrogens is 452 g/mol. The second-order valence-electron chi connectivity index (χ2n) is 9.57. The number of benzene rings is 3. The molecule has 3 heterocycles. The number of aromatic amines is 1. The number of H-pyrrole nitrogens is 1. The van der Waals surface area contributed by atoms with Crippen LogP contribution in [0.4, 0.5) is 0 Å². The molecule has 2 N–H and O–H groups in total. The van der Waals surface area contributed by atoms with Gasteiger partial charge in [0.05, 0.1) is 38.9 Å². The zero-order valence-corrected chi connectivity index (χ0v) is 20.1. The van der Waals surface area contributed by atoms with Crippen LogP contribution < -0.4 is 11.1 Å². The summed E-state index contributed by atoms with van der Waals surface area (Å²) in [5.74, 6) is 0. The van der Waals surface area contributed by atoms with E-state index in [1.54, 1.807) is 36.9 Å². The van der Waals surface area contributed by atoms with E-state index in [2.05, 4.69) is 9.97 Å². The van der Waals surface area contributed by atoms with E-state index in [9.17, 15) is 14.7 Å². The molecule has 0 atom stereocenters. The Labute approximate surface area is 205 Å². The van der Waals surface area contributed by atoms with E-state index in [0.29, 0.717) is 27.5 Å². The Kier molecular flexibility index (Phi) is 4.74. The van der Waals surface area contributed by atoms with Crippen molar-refractivity contribution in [1.29, 1.82) is 0 Å². The monoisotopic (exact) mass is 476 g/mol. The van der Waals surface area contributed by atoms with Gasteiger partial charge in [0.2, 0.25) is 0 Å². The fraction of sp³-hybridized carbons (Fsp3) is 0.138. The molecule has 3 aromatic carbocycles. The van der Waals surface area contributed by atoms with Crippen molar-refractivity contribution in [2.45, 2.75) is 26.4 Å². The summed E-state index contributed by atoms with van der Waals surface area (Å²) in [4.78, 5) is 33.6. The lowest BCUT2D eigenvalue weighted by Crippen LogP contribution is -2.19. The zero-order valence-electron chi connectivity index (χ0n) is 20.1. The summed E-state index contributed by atoms with van der Waals surface area (Å²) in [6, 6.07) is 22.4. The van der Waals surface area contributed by atoms with Gasteiger partial charge >= 0.3 is 0 Å². The van der Waals surface area contributed by atoms with E-state index in [1.807, 2.05) is 72.0 Å². The molecular formula is C29H24N4O3. The van der Waals surface area contributed by atoms with Gasteiger partial charge in [-0.25, -0.2) is 4.98 Å². The molecule has 0 aliphatic heterocycles. The summed E-state index contributed by atoms with van der Waals surface area (Å²) >= 11 is 0. The number of nitrogens with one attached hydrogen (secondary N) is 1. The Morgan fingerprint density at radius 2 is 1.69 bits per heavy atom. The highest BCUT2D eigenvalue weighted by Gasteiger charge is 2.19. The Bertz CT molecular complexity index is 1940. The minimum absolute atomic E-state index is 0.137. The van der Waals surface area contributed by atoms with Crippen molar-refractivity contribution in [3.8, 4) is 16.9 Å². The molecule has 3 aromatic heterocycles. The van der Waals surface area contributed by atoms with Gasteiger partial charge in [-0.3, -0.25) is 14.2 Å². The molecule has 0 radical (unpaired) electrons. The van der Waals surface area contributed by atoms with E-state index >= 15 is 0 Å². The molecule has 36 heavy (non-hydrogen) atoms. The maximum Gasteiger partial charge on any atom is 0.272 e. The lowest BCUT2D eigenvalue weighted by molar-refractivity contribution is 0.0787. The van der Waals surface area contributed by atoms with Crippen molar-refractivity contribution in [3.05, 3.63) is 111 Å². The third kappa shape index (κ3) is 3.28. The number of nitrogens with zero attached hydrogens (tertiary/aromatic N) is 3. The molecule has 6 aromatic rings. The van der Waals surface area contributed by atoms with Gasteiger partial charge in [0.1, 0.15) is 11.8 Å². The van der Waals surface area contributed by atoms with Gasteiger partial charge < -0.3 is 14.5 Å². The van der Waals surface area contributed by atoms with Crippen molar-refractivity contribution < 1.29 is 5.11 Å². The second kappa shape index (κ2) is 7.76. The molecule has 0 aliphatic carbocycles. The number of hydrogen-bond donors (Lipinski definition) is 2. The Morgan fingerprint density at radius 3 is 2.50 bits per heavy atom. The summed E-state index contributed by atoms with van der Waals surface area (Å²) in [6.45, 7) is 5.39. The van der Waals surface area contributed by atoms with E-state index < -0.39 is 5.60 Å². The molecule has 0 unspecified atom stereocenters. The fourth-order valence-electron chi connectivity index (χ4n) is 4.88. The highest BCUT2D eigenvalue weighted by atomic mass is 16.3. The number of aliphatic hydroxyl groups is 1. The third-order valence-electron chi connectivity index (χ3n) is 6.81. The fourth-order valence-corrected chi connectivity index (χ4v) is 4.88. The van der Waals surface area contributed by atoms with Crippen LogP contribution in [0, 0.1) is 6.92 Å². The number of aromatic nitrogens is 4. The first-order valence-corrected chi connectivity index (χ1v) is 11.7. The molecule has 6 rings (SSSR count). The third-order valence-corrected chi connectivity index (χ3v) is 6.81. The number of hydrogen-bond acceptors (Lipinski definition) is 4. The van der Waals surface area contributed by atoms with Crippen molar-refractivity contribution in [2.75, 3.05) is 0 Å². The van der Waals surface area contributed by atoms with Crippen LogP contribution >= 0.6 is 0 Å². The molecule has 0 saturated heterocycles. The van der Waals surface area contributed by atoms with E-state index in [4.69, 9.17) is 0 Å². The van der Waals surface area contributed by atoms with Crippen LogP contribution in [0.25, 0.3) is 44.4 Å². The molecule has 7 heteroatoms. The van der Waals surface area contributed by atoms with E-state index in [0.717, 1.165) is 28.0 Å². The highest BCUT2D eigenvalue weighted by molar-refractivity contribution is 5.84. The minimum Gasteiger partial charge on any atom is -0.386 e. The van der Waals surface area contributed by atoms with E-state index in [1.165, 1.54) is 0 Å². The van der Waals surface area contributed by atoms with Crippen LogP contribution in [0.3, 0.4) is 0 Å². The quantitative estimate of drug-likeness (QED) is 0.388. The van der Waals surface area contributed by atoms with E-state index in [-0.39, 0.29) is 11.1 Å². The van der Waals surface area contributed by atoms with Gasteiger partial charge in [-0.1, -0.05) is 30.3 Å². The summed E-state index contributed by atoms with van der Waals surface area (Å²) in [7, 11) is 0. The van der Waals surface area contributed by atoms with Gasteiger partial charge in [-0.2, -0.15) is 0 Å². The van der Waals surface area contributed by atoms with Gasteiger partial charge in [0.15, 0.2) is 0 Å². The van der Waals surface area contributed by atoms with Crippen LogP contribution in [0.1, 0.15) is 25.0 Å². The van der Waals surface area contributed by atoms with Crippen LogP contribution in [-0.4, -0.2) is 24.0 Å². The van der Waals surface area contributed by atoms with Crippen LogP contribution in [0.2, 0.25) is 0 Å². The first-order valence-electron chi connectivity index (χ1n) is 11.7. The maximum absolute atomic E-state index is 13.3. The lowest BCUT2D eigenvalue weighted by Gasteiger charge is -2.19. The molecule has 0 spiro atoms. The molecule has 0 fully saturated rings. The smallest absolute Gasteiger partial charge is 0.272 e. The predicted octanol–water partition coefficient (Wildman–Crippen LogP) is 4.68. The van der Waals surface area contributed by atoms with Crippen LogP contribution in [0.15, 0.2) is 88.7 Å². The second-order valence-corrected chi connectivity index (χ2v) is 9.57. The number of fused-ring (bicyclic) bond motifs is 4. The average Bonchev–Trinajstić information content (AvgIpc) is 3.30. The standard InChI is InChI=1S/C29H24N4O3/c1-17-19(8-6-10-23(17)32-16-30-21-9-5-4-7-20(21)28(32)35)24-13-14-26-27(34)31-22-15-18(29(2,3)36)11-12-25(22)33(24)26/h4-16,36H,1-3H3,(H,31,34).